The molecular weight excluding hydrogens is 355 g/mol. The van der Waals surface area contributed by atoms with Gasteiger partial charge in [-0.05, 0) is 45.4 Å². The second-order valence-corrected chi connectivity index (χ2v) is 6.96. The molecule has 0 heterocycles. The van der Waals surface area contributed by atoms with Crippen LogP contribution in [-0.4, -0.2) is 23.7 Å². The molecule has 8 heteroatoms. The summed E-state index contributed by atoms with van der Waals surface area (Å²) in [4.78, 5) is 24.1. The monoisotopic (exact) mass is 376 g/mol. The molecule has 0 fully saturated rings. The van der Waals surface area contributed by atoms with Gasteiger partial charge < -0.3 is 9.47 Å². The number of halogens is 1. The highest BCUT2D eigenvalue weighted by molar-refractivity contribution is 5.90. The van der Waals surface area contributed by atoms with Crippen LogP contribution >= 0.6 is 0 Å². The first-order valence-corrected chi connectivity index (χ1v) is 8.17. The molecule has 2 rings (SSSR count). The SMILES string of the molecule is Cc1ccc(F)cc1Oc1ccc([N+](=O)[O-])c(N(C)C(=O)OC(C)(C)C)c1. The summed E-state index contributed by atoms with van der Waals surface area (Å²) in [6.07, 6.45) is -0.746. The van der Waals surface area contributed by atoms with Crippen molar-refractivity contribution in [3.63, 3.8) is 0 Å². The number of rotatable bonds is 4. The molecule has 144 valence electrons. The van der Waals surface area contributed by atoms with Crippen molar-refractivity contribution >= 4 is 17.5 Å². The summed E-state index contributed by atoms with van der Waals surface area (Å²) in [5.41, 5.74) is -0.350. The van der Waals surface area contributed by atoms with Gasteiger partial charge in [-0.15, -0.1) is 0 Å². The predicted octanol–water partition coefficient (Wildman–Crippen LogP) is 5.21. The minimum atomic E-state index is -0.757. The third-order valence-corrected chi connectivity index (χ3v) is 3.55. The van der Waals surface area contributed by atoms with Crippen molar-refractivity contribution in [2.75, 3.05) is 11.9 Å². The summed E-state index contributed by atoms with van der Waals surface area (Å²) in [5.74, 6) is 0.0260. The van der Waals surface area contributed by atoms with Crippen LogP contribution < -0.4 is 9.64 Å². The predicted molar refractivity (Wildman–Crippen MR) is 98.9 cm³/mol. The molecule has 27 heavy (non-hydrogen) atoms. The summed E-state index contributed by atoms with van der Waals surface area (Å²) in [5, 5.41) is 11.3. The van der Waals surface area contributed by atoms with Crippen molar-refractivity contribution in [3.8, 4) is 11.5 Å². The van der Waals surface area contributed by atoms with E-state index in [1.807, 2.05) is 0 Å². The van der Waals surface area contributed by atoms with Crippen molar-refractivity contribution in [2.45, 2.75) is 33.3 Å². The molecule has 0 spiro atoms. The van der Waals surface area contributed by atoms with Crippen LogP contribution in [0.15, 0.2) is 36.4 Å². The molecule has 0 atom stereocenters. The molecule has 0 aliphatic carbocycles. The van der Waals surface area contributed by atoms with Gasteiger partial charge in [-0.2, -0.15) is 0 Å². The first-order valence-electron chi connectivity index (χ1n) is 8.17. The van der Waals surface area contributed by atoms with Gasteiger partial charge in [0.25, 0.3) is 5.69 Å². The Morgan fingerprint density at radius 3 is 2.44 bits per heavy atom. The molecule has 0 aliphatic rings. The molecule has 1 amide bonds. The van der Waals surface area contributed by atoms with Crippen molar-refractivity contribution in [1.82, 2.24) is 0 Å². The van der Waals surface area contributed by atoms with Crippen LogP contribution in [-0.2, 0) is 4.74 Å². The maximum Gasteiger partial charge on any atom is 0.414 e. The van der Waals surface area contributed by atoms with Gasteiger partial charge in [0.1, 0.15) is 28.6 Å². The lowest BCUT2D eigenvalue weighted by Crippen LogP contribution is -2.34. The largest absolute Gasteiger partial charge is 0.457 e. The summed E-state index contributed by atoms with van der Waals surface area (Å²) in [6.45, 7) is 6.83. The van der Waals surface area contributed by atoms with Crippen LogP contribution in [0.25, 0.3) is 0 Å². The second kappa shape index (κ2) is 7.61. The Balaban J connectivity index is 2.40. The highest BCUT2D eigenvalue weighted by Gasteiger charge is 2.26. The van der Waals surface area contributed by atoms with E-state index >= 15 is 0 Å². The van der Waals surface area contributed by atoms with Gasteiger partial charge in [-0.3, -0.25) is 15.0 Å². The van der Waals surface area contributed by atoms with Crippen molar-refractivity contribution < 1.29 is 23.6 Å². The third-order valence-electron chi connectivity index (χ3n) is 3.55. The minimum Gasteiger partial charge on any atom is -0.457 e. The van der Waals surface area contributed by atoms with Crippen LogP contribution in [0.3, 0.4) is 0 Å². The molecule has 0 radical (unpaired) electrons. The lowest BCUT2D eigenvalue weighted by atomic mass is 10.2. The Kier molecular flexibility index (Phi) is 5.68. The lowest BCUT2D eigenvalue weighted by molar-refractivity contribution is -0.384. The highest BCUT2D eigenvalue weighted by Crippen LogP contribution is 2.35. The van der Waals surface area contributed by atoms with E-state index in [1.54, 1.807) is 33.8 Å². The van der Waals surface area contributed by atoms with E-state index in [4.69, 9.17) is 9.47 Å². The molecule has 0 aliphatic heterocycles. The average Bonchev–Trinajstić information content (AvgIpc) is 2.55. The Morgan fingerprint density at radius 1 is 1.19 bits per heavy atom. The fraction of sp³-hybridized carbons (Fsp3) is 0.316. The zero-order chi connectivity index (χ0) is 20.4. The number of benzene rings is 2. The van der Waals surface area contributed by atoms with Gasteiger partial charge in [0, 0.05) is 25.2 Å². The minimum absolute atomic E-state index is 0.000746. The molecule has 2 aromatic rings. The normalized spacial score (nSPS) is 11.0. The fourth-order valence-electron chi connectivity index (χ4n) is 2.23. The Labute approximate surface area is 156 Å². The van der Waals surface area contributed by atoms with E-state index < -0.39 is 22.4 Å². The number of nitro groups is 1. The molecule has 2 aromatic carbocycles. The number of carbonyl (C=O) groups excluding carboxylic acids is 1. The highest BCUT2D eigenvalue weighted by atomic mass is 19.1. The van der Waals surface area contributed by atoms with Crippen molar-refractivity contribution in [2.24, 2.45) is 0 Å². The number of nitrogens with zero attached hydrogens (tertiary/aromatic N) is 2. The van der Waals surface area contributed by atoms with Gasteiger partial charge in [0.05, 0.1) is 4.92 Å². The molecule has 0 N–H and O–H groups in total. The maximum atomic E-state index is 13.5. The van der Waals surface area contributed by atoms with E-state index in [0.29, 0.717) is 5.56 Å². The first kappa shape index (κ1) is 20.2. The molecule has 7 nitrogen and oxygen atoms in total. The molecular formula is C19H21FN2O5. The van der Waals surface area contributed by atoms with Crippen LogP contribution in [0.4, 0.5) is 20.6 Å². The van der Waals surface area contributed by atoms with E-state index in [0.717, 1.165) is 4.90 Å². The third kappa shape index (κ3) is 5.16. The van der Waals surface area contributed by atoms with Crippen molar-refractivity contribution in [3.05, 3.63) is 57.9 Å². The van der Waals surface area contributed by atoms with Gasteiger partial charge in [-0.25, -0.2) is 9.18 Å². The van der Waals surface area contributed by atoms with E-state index in [2.05, 4.69) is 0 Å². The number of anilines is 1. The molecule has 0 saturated heterocycles. The van der Waals surface area contributed by atoms with Crippen LogP contribution in [0.1, 0.15) is 26.3 Å². The first-order chi connectivity index (χ1) is 12.5. The number of aryl methyl sites for hydroxylation is 1. The average molecular weight is 376 g/mol. The number of nitro benzene ring substituents is 1. The molecule has 0 aromatic heterocycles. The standard InChI is InChI=1S/C19H21FN2O5/c1-12-6-7-13(20)10-17(12)26-14-8-9-15(22(24)25)16(11-14)21(5)18(23)27-19(2,3)4/h6-11H,1-5H3. The maximum absolute atomic E-state index is 13.5. The van der Waals surface area contributed by atoms with E-state index in [-0.39, 0.29) is 22.9 Å². The Bertz CT molecular complexity index is 877. The van der Waals surface area contributed by atoms with Crippen LogP contribution in [0.2, 0.25) is 0 Å². The summed E-state index contributed by atoms with van der Waals surface area (Å²) in [7, 11) is 1.37. The number of ether oxygens (including phenoxy) is 2. The Morgan fingerprint density at radius 2 is 1.85 bits per heavy atom. The van der Waals surface area contributed by atoms with Crippen molar-refractivity contribution in [1.29, 1.82) is 0 Å². The fourth-order valence-corrected chi connectivity index (χ4v) is 2.23. The lowest BCUT2D eigenvalue weighted by Gasteiger charge is -2.24. The zero-order valence-corrected chi connectivity index (χ0v) is 15.8. The number of carbonyl (C=O) groups is 1. The summed E-state index contributed by atoms with van der Waals surface area (Å²) in [6, 6.07) is 8.03. The van der Waals surface area contributed by atoms with E-state index in [1.165, 1.54) is 37.4 Å². The smallest absolute Gasteiger partial charge is 0.414 e. The second-order valence-electron chi connectivity index (χ2n) is 6.96. The molecule has 0 unspecified atom stereocenters. The van der Waals surface area contributed by atoms with Crippen LogP contribution in [0.5, 0.6) is 11.5 Å². The zero-order valence-electron chi connectivity index (χ0n) is 15.8. The number of hydrogen-bond donors (Lipinski definition) is 0. The van der Waals surface area contributed by atoms with E-state index in [9.17, 15) is 19.3 Å². The molecule has 0 bridgehead atoms. The number of amides is 1. The summed E-state index contributed by atoms with van der Waals surface area (Å²) >= 11 is 0. The van der Waals surface area contributed by atoms with Gasteiger partial charge >= 0.3 is 6.09 Å². The molecule has 0 saturated carbocycles. The van der Waals surface area contributed by atoms with Gasteiger partial charge in [0.2, 0.25) is 0 Å². The summed E-state index contributed by atoms with van der Waals surface area (Å²) < 4.78 is 24.4. The quantitative estimate of drug-likeness (QED) is 0.541. The van der Waals surface area contributed by atoms with Gasteiger partial charge in [-0.1, -0.05) is 6.07 Å². The number of hydrogen-bond acceptors (Lipinski definition) is 5. The Hall–Kier alpha value is -3.16. The van der Waals surface area contributed by atoms with Crippen LogP contribution in [0, 0.1) is 22.9 Å². The van der Waals surface area contributed by atoms with Gasteiger partial charge in [0.15, 0.2) is 0 Å². The topological polar surface area (TPSA) is 81.9 Å².